The van der Waals surface area contributed by atoms with E-state index in [-0.39, 0.29) is 11.9 Å². The highest BCUT2D eigenvalue weighted by atomic mass is 16.2. The van der Waals surface area contributed by atoms with Gasteiger partial charge in [0.15, 0.2) is 0 Å². The van der Waals surface area contributed by atoms with E-state index in [0.29, 0.717) is 43.7 Å². The first-order valence-electron chi connectivity index (χ1n) is 11.7. The topological polar surface area (TPSA) is 111 Å². The van der Waals surface area contributed by atoms with Crippen molar-refractivity contribution in [3.05, 3.63) is 59.2 Å². The van der Waals surface area contributed by atoms with E-state index in [0.717, 1.165) is 31.9 Å². The van der Waals surface area contributed by atoms with E-state index in [1.54, 1.807) is 17.0 Å². The minimum absolute atomic E-state index is 0.0623. The van der Waals surface area contributed by atoms with Crippen molar-refractivity contribution in [1.29, 1.82) is 0 Å². The summed E-state index contributed by atoms with van der Waals surface area (Å²) in [5.41, 5.74) is 9.67. The van der Waals surface area contributed by atoms with Crippen LogP contribution >= 0.6 is 0 Å². The second-order valence-electron chi connectivity index (χ2n) is 8.69. The maximum Gasteiger partial charge on any atom is 0.317 e. The Bertz CT molecular complexity index is 1060. The van der Waals surface area contributed by atoms with Crippen LogP contribution in [-0.2, 0) is 0 Å². The first kappa shape index (κ1) is 23.4. The summed E-state index contributed by atoms with van der Waals surface area (Å²) >= 11 is 0. The number of nitrogens with two attached hydrogens (primary N) is 1. The Labute approximate surface area is 199 Å². The molecule has 9 nitrogen and oxygen atoms in total. The van der Waals surface area contributed by atoms with Crippen molar-refractivity contribution in [1.82, 2.24) is 15.5 Å². The molecule has 34 heavy (non-hydrogen) atoms. The Hall–Kier alpha value is -3.75. The largest absolute Gasteiger partial charge is 0.368 e. The molecule has 2 aromatic carbocycles. The zero-order valence-corrected chi connectivity index (χ0v) is 19.5. The van der Waals surface area contributed by atoms with Gasteiger partial charge in [-0.3, -0.25) is 9.59 Å². The van der Waals surface area contributed by atoms with Crippen molar-refractivity contribution in [2.75, 3.05) is 62.2 Å². The summed E-state index contributed by atoms with van der Waals surface area (Å²) in [7, 11) is 0. The third-order valence-corrected chi connectivity index (χ3v) is 6.44. The Morgan fingerprint density at radius 1 is 1.00 bits per heavy atom. The molecule has 4 rings (SSSR count). The number of benzene rings is 2. The third kappa shape index (κ3) is 5.24. The highest BCUT2D eigenvalue weighted by Crippen LogP contribution is 2.26. The number of aryl methyl sites for hydroxylation is 1. The lowest BCUT2D eigenvalue weighted by atomic mass is 10.1. The number of carbonyl (C=O) groups excluding carboxylic acids is 3. The fourth-order valence-corrected chi connectivity index (χ4v) is 4.56. The lowest BCUT2D eigenvalue weighted by Crippen LogP contribution is -2.47. The van der Waals surface area contributed by atoms with E-state index in [9.17, 15) is 14.4 Å². The molecule has 0 aliphatic carbocycles. The van der Waals surface area contributed by atoms with E-state index in [4.69, 9.17) is 5.73 Å². The van der Waals surface area contributed by atoms with Gasteiger partial charge in [-0.05, 0) is 43.2 Å². The van der Waals surface area contributed by atoms with Gasteiger partial charge in [0.05, 0.1) is 5.56 Å². The Morgan fingerprint density at radius 2 is 1.71 bits per heavy atom. The lowest BCUT2D eigenvalue weighted by molar-refractivity contribution is 0.0952. The second-order valence-corrected chi connectivity index (χ2v) is 8.69. The van der Waals surface area contributed by atoms with Crippen molar-refractivity contribution >= 4 is 29.2 Å². The Balaban J connectivity index is 1.36. The molecule has 2 aliphatic rings. The number of rotatable bonds is 8. The van der Waals surface area contributed by atoms with Crippen molar-refractivity contribution in [3.63, 3.8) is 0 Å². The van der Waals surface area contributed by atoms with E-state index >= 15 is 0 Å². The van der Waals surface area contributed by atoms with E-state index in [1.807, 2.05) is 18.2 Å². The summed E-state index contributed by atoms with van der Waals surface area (Å²) in [5, 5.41) is 5.62. The molecule has 0 bridgehead atoms. The zero-order chi connectivity index (χ0) is 24.1. The van der Waals surface area contributed by atoms with Crippen LogP contribution in [0.1, 0.15) is 32.7 Å². The smallest absolute Gasteiger partial charge is 0.317 e. The number of anilines is 2. The molecule has 4 amide bonds. The average molecular weight is 465 g/mol. The maximum absolute atomic E-state index is 12.6. The van der Waals surface area contributed by atoms with Crippen LogP contribution in [0.15, 0.2) is 42.5 Å². The summed E-state index contributed by atoms with van der Waals surface area (Å²) in [6.45, 7) is 7.67. The van der Waals surface area contributed by atoms with Gasteiger partial charge in [-0.25, -0.2) is 4.79 Å². The van der Waals surface area contributed by atoms with Crippen molar-refractivity contribution in [3.8, 4) is 0 Å². The minimum atomic E-state index is -0.550. The highest BCUT2D eigenvalue weighted by molar-refractivity contribution is 6.03. The predicted molar refractivity (Wildman–Crippen MR) is 132 cm³/mol. The SMILES string of the molecule is Cc1ccccc1N1CCN(c2ccc(C(=O)NCCCN3CCNC3=O)cc2C(N)=O)CC1. The number of nitrogens with one attached hydrogen (secondary N) is 2. The molecular weight excluding hydrogens is 432 g/mol. The Kier molecular flexibility index (Phi) is 7.20. The van der Waals surface area contributed by atoms with Gasteiger partial charge in [0.1, 0.15) is 0 Å². The normalized spacial score (nSPS) is 15.9. The van der Waals surface area contributed by atoms with Gasteiger partial charge in [0, 0.05) is 69.3 Å². The van der Waals surface area contributed by atoms with Gasteiger partial charge in [0.2, 0.25) is 0 Å². The quantitative estimate of drug-likeness (QED) is 0.514. The van der Waals surface area contributed by atoms with Crippen LogP contribution in [0.4, 0.5) is 16.2 Å². The number of nitrogens with zero attached hydrogens (tertiary/aromatic N) is 3. The van der Waals surface area contributed by atoms with Gasteiger partial charge in [0.25, 0.3) is 11.8 Å². The predicted octanol–water partition coefficient (Wildman–Crippen LogP) is 1.57. The van der Waals surface area contributed by atoms with Crippen LogP contribution in [-0.4, -0.2) is 75.1 Å². The summed E-state index contributed by atoms with van der Waals surface area (Å²) in [6, 6.07) is 13.4. The number of para-hydroxylation sites is 1. The van der Waals surface area contributed by atoms with Crippen molar-refractivity contribution in [2.45, 2.75) is 13.3 Å². The van der Waals surface area contributed by atoms with Gasteiger partial charge >= 0.3 is 6.03 Å². The third-order valence-electron chi connectivity index (χ3n) is 6.44. The van der Waals surface area contributed by atoms with Crippen molar-refractivity contribution < 1.29 is 14.4 Å². The van der Waals surface area contributed by atoms with E-state index < -0.39 is 5.91 Å². The number of hydrogen-bond acceptors (Lipinski definition) is 5. The molecule has 180 valence electrons. The zero-order valence-electron chi connectivity index (χ0n) is 19.5. The van der Waals surface area contributed by atoms with Gasteiger partial charge in [-0.2, -0.15) is 0 Å². The van der Waals surface area contributed by atoms with Crippen LogP contribution in [0.25, 0.3) is 0 Å². The first-order valence-corrected chi connectivity index (χ1v) is 11.7. The number of carbonyl (C=O) groups is 3. The average Bonchev–Trinajstić information content (AvgIpc) is 3.26. The molecule has 4 N–H and O–H groups in total. The number of amides is 4. The molecule has 9 heteroatoms. The molecule has 0 radical (unpaired) electrons. The molecule has 0 unspecified atom stereocenters. The van der Waals surface area contributed by atoms with Crippen LogP contribution in [0.3, 0.4) is 0 Å². The molecule has 2 fully saturated rings. The molecule has 2 heterocycles. The number of piperazine rings is 1. The minimum Gasteiger partial charge on any atom is -0.368 e. The monoisotopic (exact) mass is 464 g/mol. The number of hydrogen-bond donors (Lipinski definition) is 3. The van der Waals surface area contributed by atoms with Crippen LogP contribution in [0.5, 0.6) is 0 Å². The maximum atomic E-state index is 12.6. The lowest BCUT2D eigenvalue weighted by Gasteiger charge is -2.38. The fraction of sp³-hybridized carbons (Fsp3) is 0.400. The Morgan fingerprint density at radius 3 is 2.35 bits per heavy atom. The number of primary amides is 1. The molecule has 0 atom stereocenters. The molecule has 2 aromatic rings. The van der Waals surface area contributed by atoms with Crippen LogP contribution in [0.2, 0.25) is 0 Å². The van der Waals surface area contributed by atoms with Gasteiger partial charge < -0.3 is 31.1 Å². The highest BCUT2D eigenvalue weighted by Gasteiger charge is 2.23. The van der Waals surface area contributed by atoms with Gasteiger partial charge in [-0.1, -0.05) is 18.2 Å². The molecule has 2 saturated heterocycles. The van der Waals surface area contributed by atoms with Crippen molar-refractivity contribution in [2.24, 2.45) is 5.73 Å². The first-order chi connectivity index (χ1) is 16.4. The molecular formula is C25H32N6O3. The number of urea groups is 1. The van der Waals surface area contributed by atoms with Gasteiger partial charge in [-0.15, -0.1) is 0 Å². The van der Waals surface area contributed by atoms with Crippen LogP contribution in [0, 0.1) is 6.92 Å². The molecule has 0 saturated carbocycles. The summed E-state index contributed by atoms with van der Waals surface area (Å²) in [6.07, 6.45) is 0.658. The van der Waals surface area contributed by atoms with E-state index in [1.165, 1.54) is 11.3 Å². The fourth-order valence-electron chi connectivity index (χ4n) is 4.56. The van der Waals surface area contributed by atoms with Crippen LogP contribution < -0.4 is 26.2 Å². The summed E-state index contributed by atoms with van der Waals surface area (Å²) < 4.78 is 0. The summed E-state index contributed by atoms with van der Waals surface area (Å²) in [5.74, 6) is -0.810. The molecule has 0 spiro atoms. The standard InChI is InChI=1S/C25H32N6O3/c1-18-5-2-3-6-21(18)29-13-15-30(16-14-29)22-8-7-19(17-20(22)23(26)32)24(33)27-9-4-11-31-12-10-28-25(31)34/h2-3,5-8,17H,4,9-16H2,1H3,(H2,26,32)(H,27,33)(H,28,34). The molecule has 0 aromatic heterocycles. The van der Waals surface area contributed by atoms with E-state index in [2.05, 4.69) is 39.5 Å². The second kappa shape index (κ2) is 10.5. The summed E-state index contributed by atoms with van der Waals surface area (Å²) in [4.78, 5) is 42.6. The molecule has 2 aliphatic heterocycles.